The molecule has 0 saturated heterocycles. The molecule has 1 N–H and O–H groups in total. The molecule has 0 radical (unpaired) electrons. The minimum Gasteiger partial charge on any atom is -0.496 e. The van der Waals surface area contributed by atoms with Crippen molar-refractivity contribution in [3.8, 4) is 17.0 Å². The maximum atomic E-state index is 5.48. The van der Waals surface area contributed by atoms with Crippen LogP contribution in [0.3, 0.4) is 0 Å². The summed E-state index contributed by atoms with van der Waals surface area (Å²) in [6.45, 7) is 6.32. The lowest BCUT2D eigenvalue weighted by molar-refractivity contribution is 0.416. The number of aromatic nitrogens is 1. The molecule has 3 nitrogen and oxygen atoms in total. The molecule has 1 heterocycles. The van der Waals surface area contributed by atoms with Gasteiger partial charge in [-0.25, -0.2) is 4.98 Å². The number of thiazole rings is 1. The molecule has 2 rings (SSSR count). The van der Waals surface area contributed by atoms with Crippen molar-refractivity contribution in [2.45, 2.75) is 26.8 Å². The van der Waals surface area contributed by atoms with Crippen molar-refractivity contribution in [3.05, 3.63) is 33.6 Å². The Hall–Kier alpha value is -1.39. The van der Waals surface area contributed by atoms with Gasteiger partial charge in [0.15, 0.2) is 0 Å². The van der Waals surface area contributed by atoms with E-state index in [-0.39, 0.29) is 6.04 Å². The van der Waals surface area contributed by atoms with E-state index < -0.39 is 0 Å². The fourth-order valence-corrected chi connectivity index (χ4v) is 2.78. The van der Waals surface area contributed by atoms with Crippen molar-refractivity contribution in [3.63, 3.8) is 0 Å². The summed E-state index contributed by atoms with van der Waals surface area (Å²) in [6, 6.07) is 4.50. The molecular weight excluding hydrogens is 256 g/mol. The second-order valence-corrected chi connectivity index (χ2v) is 5.61. The summed E-state index contributed by atoms with van der Waals surface area (Å²) < 4.78 is 5.48. The first-order chi connectivity index (χ1) is 9.06. The minimum atomic E-state index is 0.274. The summed E-state index contributed by atoms with van der Waals surface area (Å²) in [7, 11) is 3.65. The van der Waals surface area contributed by atoms with Gasteiger partial charge in [0.05, 0.1) is 18.8 Å². The Labute approximate surface area is 118 Å². The van der Waals surface area contributed by atoms with Gasteiger partial charge >= 0.3 is 0 Å². The molecule has 1 aromatic carbocycles. The zero-order chi connectivity index (χ0) is 14.0. The fourth-order valence-electron chi connectivity index (χ4n) is 1.89. The molecule has 1 unspecified atom stereocenters. The highest BCUT2D eigenvalue weighted by Gasteiger charge is 2.14. The van der Waals surface area contributed by atoms with Gasteiger partial charge in [0, 0.05) is 10.9 Å². The first-order valence-corrected chi connectivity index (χ1v) is 7.23. The lowest BCUT2D eigenvalue weighted by atomic mass is 10.0. The van der Waals surface area contributed by atoms with E-state index in [2.05, 4.69) is 43.6 Å². The third kappa shape index (κ3) is 2.80. The highest BCUT2D eigenvalue weighted by atomic mass is 32.1. The minimum absolute atomic E-state index is 0.274. The van der Waals surface area contributed by atoms with Crippen LogP contribution in [0.5, 0.6) is 5.75 Å². The molecule has 0 aliphatic carbocycles. The van der Waals surface area contributed by atoms with Gasteiger partial charge in [-0.15, -0.1) is 11.3 Å². The van der Waals surface area contributed by atoms with Crippen LogP contribution in [0.4, 0.5) is 0 Å². The zero-order valence-electron chi connectivity index (χ0n) is 12.1. The van der Waals surface area contributed by atoms with Gasteiger partial charge in [-0.2, -0.15) is 0 Å². The number of methoxy groups -OCH3 is 1. The van der Waals surface area contributed by atoms with Gasteiger partial charge in [-0.05, 0) is 51.1 Å². The average molecular weight is 276 g/mol. The van der Waals surface area contributed by atoms with E-state index in [1.165, 1.54) is 11.1 Å². The largest absolute Gasteiger partial charge is 0.496 e. The molecule has 1 aromatic heterocycles. The topological polar surface area (TPSA) is 34.2 Å². The van der Waals surface area contributed by atoms with Gasteiger partial charge in [0.2, 0.25) is 0 Å². The standard InChI is InChI=1S/C15H20N2OS/c1-9-6-12(14(18-5)7-10(9)2)13-8-19-15(17-13)11(3)16-4/h6-8,11,16H,1-5H3. The molecule has 19 heavy (non-hydrogen) atoms. The summed E-state index contributed by atoms with van der Waals surface area (Å²) in [5.41, 5.74) is 4.55. The van der Waals surface area contributed by atoms with Crippen LogP contribution in [0.15, 0.2) is 17.5 Å². The Morgan fingerprint density at radius 1 is 1.26 bits per heavy atom. The third-order valence-corrected chi connectivity index (χ3v) is 4.44. The maximum absolute atomic E-state index is 5.48. The number of hydrogen-bond donors (Lipinski definition) is 1. The molecular formula is C15H20N2OS. The lowest BCUT2D eigenvalue weighted by Gasteiger charge is -2.10. The summed E-state index contributed by atoms with van der Waals surface area (Å²) in [6.07, 6.45) is 0. The lowest BCUT2D eigenvalue weighted by Crippen LogP contribution is -2.11. The number of ether oxygens (including phenoxy) is 1. The SMILES string of the molecule is CNC(C)c1nc(-c2cc(C)c(C)cc2OC)cs1. The third-order valence-electron chi connectivity index (χ3n) is 3.42. The molecule has 4 heteroatoms. The van der Waals surface area contributed by atoms with Crippen molar-refractivity contribution in [2.75, 3.05) is 14.2 Å². The molecule has 0 spiro atoms. The van der Waals surface area contributed by atoms with E-state index in [1.54, 1.807) is 18.4 Å². The molecule has 0 fully saturated rings. The predicted molar refractivity (Wildman–Crippen MR) is 81.1 cm³/mol. The number of hydrogen-bond acceptors (Lipinski definition) is 4. The van der Waals surface area contributed by atoms with Crippen molar-refractivity contribution >= 4 is 11.3 Å². The Kier molecular flexibility index (Phi) is 4.22. The van der Waals surface area contributed by atoms with E-state index in [0.717, 1.165) is 22.0 Å². The van der Waals surface area contributed by atoms with Gasteiger partial charge in [-0.3, -0.25) is 0 Å². The molecule has 0 aliphatic heterocycles. The quantitative estimate of drug-likeness (QED) is 0.924. The van der Waals surface area contributed by atoms with Crippen LogP contribution >= 0.6 is 11.3 Å². The second-order valence-electron chi connectivity index (χ2n) is 4.72. The Balaban J connectivity index is 2.46. The molecule has 2 aromatic rings. The van der Waals surface area contributed by atoms with Gasteiger partial charge < -0.3 is 10.1 Å². The number of nitrogens with one attached hydrogen (secondary N) is 1. The summed E-state index contributed by atoms with van der Waals surface area (Å²) in [5, 5.41) is 6.40. The fraction of sp³-hybridized carbons (Fsp3) is 0.400. The second kappa shape index (κ2) is 5.72. The molecule has 0 aliphatic rings. The van der Waals surface area contributed by atoms with Crippen LogP contribution in [0.1, 0.15) is 29.1 Å². The van der Waals surface area contributed by atoms with Crippen LogP contribution in [-0.2, 0) is 0 Å². The van der Waals surface area contributed by atoms with E-state index in [9.17, 15) is 0 Å². The van der Waals surface area contributed by atoms with E-state index in [0.29, 0.717) is 0 Å². The van der Waals surface area contributed by atoms with Crippen molar-refractivity contribution in [2.24, 2.45) is 0 Å². The molecule has 0 saturated carbocycles. The smallest absolute Gasteiger partial charge is 0.128 e. The summed E-state index contributed by atoms with van der Waals surface area (Å²) >= 11 is 1.68. The van der Waals surface area contributed by atoms with Gasteiger partial charge in [0.25, 0.3) is 0 Å². The number of benzene rings is 1. The first kappa shape index (κ1) is 14.0. The van der Waals surface area contributed by atoms with Crippen molar-refractivity contribution in [1.29, 1.82) is 0 Å². The van der Waals surface area contributed by atoms with Crippen LogP contribution < -0.4 is 10.1 Å². The van der Waals surface area contributed by atoms with Gasteiger partial charge in [0.1, 0.15) is 10.8 Å². The molecule has 0 bridgehead atoms. The predicted octanol–water partition coefficient (Wildman–Crippen LogP) is 3.72. The van der Waals surface area contributed by atoms with Crippen molar-refractivity contribution < 1.29 is 4.74 Å². The number of rotatable bonds is 4. The Morgan fingerprint density at radius 3 is 2.58 bits per heavy atom. The highest BCUT2D eigenvalue weighted by Crippen LogP contribution is 2.34. The van der Waals surface area contributed by atoms with Crippen LogP contribution in [-0.4, -0.2) is 19.1 Å². The Morgan fingerprint density at radius 2 is 1.95 bits per heavy atom. The normalized spacial score (nSPS) is 12.5. The summed E-state index contributed by atoms with van der Waals surface area (Å²) in [4.78, 5) is 4.71. The molecule has 102 valence electrons. The average Bonchev–Trinajstić information content (AvgIpc) is 2.90. The zero-order valence-corrected chi connectivity index (χ0v) is 12.9. The van der Waals surface area contributed by atoms with Crippen LogP contribution in [0, 0.1) is 13.8 Å². The maximum Gasteiger partial charge on any atom is 0.128 e. The monoisotopic (exact) mass is 276 g/mol. The first-order valence-electron chi connectivity index (χ1n) is 6.35. The molecule has 0 amide bonds. The van der Waals surface area contributed by atoms with Crippen LogP contribution in [0.2, 0.25) is 0 Å². The number of nitrogens with zero attached hydrogens (tertiary/aromatic N) is 1. The van der Waals surface area contributed by atoms with E-state index in [4.69, 9.17) is 9.72 Å². The number of aryl methyl sites for hydroxylation is 2. The van der Waals surface area contributed by atoms with Gasteiger partial charge in [-0.1, -0.05) is 0 Å². The summed E-state index contributed by atoms with van der Waals surface area (Å²) in [5.74, 6) is 0.886. The molecule has 1 atom stereocenters. The van der Waals surface area contributed by atoms with Crippen molar-refractivity contribution in [1.82, 2.24) is 10.3 Å². The highest BCUT2D eigenvalue weighted by molar-refractivity contribution is 7.10. The Bertz CT molecular complexity index is 578. The van der Waals surface area contributed by atoms with Crippen LogP contribution in [0.25, 0.3) is 11.3 Å². The van der Waals surface area contributed by atoms with E-state index >= 15 is 0 Å². The van der Waals surface area contributed by atoms with E-state index in [1.807, 2.05) is 7.05 Å².